The van der Waals surface area contributed by atoms with Crippen LogP contribution < -0.4 is 9.64 Å². The van der Waals surface area contributed by atoms with E-state index in [2.05, 4.69) is 26.8 Å². The average Bonchev–Trinajstić information content (AvgIpc) is 2.24. The molecule has 0 N–H and O–H groups in total. The van der Waals surface area contributed by atoms with Crippen molar-refractivity contribution >= 4 is 11.6 Å². The van der Waals surface area contributed by atoms with Gasteiger partial charge in [0.2, 0.25) is 0 Å². The molecule has 1 aliphatic rings. The van der Waals surface area contributed by atoms with Gasteiger partial charge in [-0.15, -0.1) is 0 Å². The van der Waals surface area contributed by atoms with Gasteiger partial charge >= 0.3 is 0 Å². The Balaban J connectivity index is 2.53. The van der Waals surface area contributed by atoms with Crippen LogP contribution in [0.5, 0.6) is 5.75 Å². The number of hydrogen-bond donors (Lipinski definition) is 0. The highest BCUT2D eigenvalue weighted by atomic mass is 16.5. The molecule has 3 heteroatoms. The summed E-state index contributed by atoms with van der Waals surface area (Å²) in [6.45, 7) is 10.1. The zero-order chi connectivity index (χ0) is 13.7. The third kappa shape index (κ3) is 1.98. The van der Waals surface area contributed by atoms with Gasteiger partial charge in [0.1, 0.15) is 5.75 Å². The summed E-state index contributed by atoms with van der Waals surface area (Å²) < 4.78 is 5.78. The molecule has 0 radical (unpaired) electrons. The first kappa shape index (κ1) is 12.9. The molecular weight excluding hydrogens is 226 g/mol. The zero-order valence-corrected chi connectivity index (χ0v) is 12.0. The van der Waals surface area contributed by atoms with Crippen LogP contribution >= 0.6 is 0 Å². The SMILES string of the molecule is CN1C(=O)C(C)(C)Oc2ccc(C(C)(C)C)cc21. The number of fused-ring (bicyclic) bond motifs is 1. The Labute approximate surface area is 109 Å². The fourth-order valence-electron chi connectivity index (χ4n) is 2.16. The number of nitrogens with zero attached hydrogens (tertiary/aromatic N) is 1. The third-order valence-electron chi connectivity index (χ3n) is 3.37. The van der Waals surface area contributed by atoms with E-state index < -0.39 is 5.60 Å². The molecule has 1 aromatic carbocycles. The smallest absolute Gasteiger partial charge is 0.270 e. The second-order valence-electron chi connectivity index (χ2n) is 6.41. The number of ether oxygens (including phenoxy) is 1. The summed E-state index contributed by atoms with van der Waals surface area (Å²) in [6.07, 6.45) is 0. The van der Waals surface area contributed by atoms with Crippen LogP contribution in [-0.4, -0.2) is 18.6 Å². The molecule has 18 heavy (non-hydrogen) atoms. The van der Waals surface area contributed by atoms with Crippen LogP contribution in [0.3, 0.4) is 0 Å². The summed E-state index contributed by atoms with van der Waals surface area (Å²) >= 11 is 0. The molecule has 0 bridgehead atoms. The van der Waals surface area contributed by atoms with Crippen molar-refractivity contribution in [2.45, 2.75) is 45.6 Å². The maximum Gasteiger partial charge on any atom is 0.270 e. The van der Waals surface area contributed by atoms with Crippen molar-refractivity contribution in [3.63, 3.8) is 0 Å². The maximum absolute atomic E-state index is 12.2. The minimum atomic E-state index is -0.787. The molecule has 0 unspecified atom stereocenters. The van der Waals surface area contributed by atoms with Gasteiger partial charge in [-0.25, -0.2) is 0 Å². The first-order valence-electron chi connectivity index (χ1n) is 6.24. The normalized spacial score (nSPS) is 18.3. The molecule has 1 heterocycles. The van der Waals surface area contributed by atoms with Crippen molar-refractivity contribution in [3.8, 4) is 5.75 Å². The minimum absolute atomic E-state index is 0.0129. The summed E-state index contributed by atoms with van der Waals surface area (Å²) in [5, 5.41) is 0. The number of carbonyl (C=O) groups excluding carboxylic acids is 1. The Morgan fingerprint density at radius 2 is 1.83 bits per heavy atom. The van der Waals surface area contributed by atoms with Gasteiger partial charge < -0.3 is 9.64 Å². The Kier molecular flexibility index (Phi) is 2.69. The Bertz CT molecular complexity index is 498. The zero-order valence-electron chi connectivity index (χ0n) is 12.0. The molecule has 0 saturated carbocycles. The van der Waals surface area contributed by atoms with Crippen molar-refractivity contribution in [3.05, 3.63) is 23.8 Å². The number of likely N-dealkylation sites (N-methyl/N-ethyl adjacent to an activating group) is 1. The van der Waals surface area contributed by atoms with E-state index in [4.69, 9.17) is 4.74 Å². The molecule has 1 amide bonds. The van der Waals surface area contributed by atoms with Crippen LogP contribution in [0.2, 0.25) is 0 Å². The lowest BCUT2D eigenvalue weighted by atomic mass is 9.86. The lowest BCUT2D eigenvalue weighted by Gasteiger charge is -2.37. The summed E-state index contributed by atoms with van der Waals surface area (Å²) in [6, 6.07) is 6.07. The lowest BCUT2D eigenvalue weighted by molar-refractivity contribution is -0.132. The molecular formula is C15H21NO2. The molecule has 1 aromatic rings. The van der Waals surface area contributed by atoms with Gasteiger partial charge in [-0.2, -0.15) is 0 Å². The number of benzene rings is 1. The van der Waals surface area contributed by atoms with Crippen molar-refractivity contribution in [2.24, 2.45) is 0 Å². The second kappa shape index (κ2) is 3.74. The largest absolute Gasteiger partial charge is 0.476 e. The number of amides is 1. The molecule has 0 saturated heterocycles. The van der Waals surface area contributed by atoms with Crippen molar-refractivity contribution in [1.82, 2.24) is 0 Å². The third-order valence-corrected chi connectivity index (χ3v) is 3.37. The van der Waals surface area contributed by atoms with Gasteiger partial charge in [-0.05, 0) is 37.0 Å². The van der Waals surface area contributed by atoms with E-state index >= 15 is 0 Å². The van der Waals surface area contributed by atoms with Gasteiger partial charge in [0.15, 0.2) is 5.60 Å². The van der Waals surface area contributed by atoms with Gasteiger partial charge in [-0.3, -0.25) is 4.79 Å². The highest BCUT2D eigenvalue weighted by molar-refractivity contribution is 6.02. The van der Waals surface area contributed by atoms with Gasteiger partial charge in [0.05, 0.1) is 5.69 Å². The van der Waals surface area contributed by atoms with Gasteiger partial charge in [-0.1, -0.05) is 26.8 Å². The predicted octanol–water partition coefficient (Wildman–Crippen LogP) is 3.12. The molecule has 0 spiro atoms. The monoisotopic (exact) mass is 247 g/mol. The molecule has 3 nitrogen and oxygen atoms in total. The van der Waals surface area contributed by atoms with Crippen LogP contribution in [0.1, 0.15) is 40.2 Å². The van der Waals surface area contributed by atoms with Crippen LogP contribution in [0, 0.1) is 0 Å². The van der Waals surface area contributed by atoms with E-state index in [1.54, 1.807) is 25.8 Å². The van der Waals surface area contributed by atoms with E-state index in [-0.39, 0.29) is 11.3 Å². The number of anilines is 1. The van der Waals surface area contributed by atoms with Crippen molar-refractivity contribution < 1.29 is 9.53 Å². The van der Waals surface area contributed by atoms with Crippen molar-refractivity contribution in [2.75, 3.05) is 11.9 Å². The van der Waals surface area contributed by atoms with E-state index in [1.807, 2.05) is 12.1 Å². The molecule has 0 fully saturated rings. The standard InChI is InChI=1S/C15H21NO2/c1-14(2,3)10-7-8-12-11(9-10)16(6)13(17)15(4,5)18-12/h7-9H,1-6H3. The number of hydrogen-bond acceptors (Lipinski definition) is 2. The van der Waals surface area contributed by atoms with Crippen LogP contribution in [-0.2, 0) is 10.2 Å². The Morgan fingerprint density at radius 3 is 2.39 bits per heavy atom. The number of rotatable bonds is 0. The second-order valence-corrected chi connectivity index (χ2v) is 6.41. The van der Waals surface area contributed by atoms with Crippen molar-refractivity contribution in [1.29, 1.82) is 0 Å². The molecule has 0 aromatic heterocycles. The summed E-state index contributed by atoms with van der Waals surface area (Å²) in [4.78, 5) is 13.9. The lowest BCUT2D eigenvalue weighted by Crippen LogP contribution is -2.50. The number of carbonyl (C=O) groups is 1. The van der Waals surface area contributed by atoms with Crippen LogP contribution in [0.4, 0.5) is 5.69 Å². The molecule has 0 atom stereocenters. The fourth-order valence-corrected chi connectivity index (χ4v) is 2.16. The van der Waals surface area contributed by atoms with Crippen LogP contribution in [0.15, 0.2) is 18.2 Å². The average molecular weight is 247 g/mol. The van der Waals surface area contributed by atoms with E-state index in [0.717, 1.165) is 11.4 Å². The molecule has 98 valence electrons. The highest BCUT2D eigenvalue weighted by Crippen LogP contribution is 2.39. The molecule has 0 aliphatic carbocycles. The Morgan fingerprint density at radius 1 is 1.22 bits per heavy atom. The Hall–Kier alpha value is -1.51. The summed E-state index contributed by atoms with van der Waals surface area (Å²) in [7, 11) is 1.80. The topological polar surface area (TPSA) is 29.5 Å². The molecule has 1 aliphatic heterocycles. The van der Waals surface area contributed by atoms with E-state index in [9.17, 15) is 4.79 Å². The van der Waals surface area contributed by atoms with Gasteiger partial charge in [0, 0.05) is 7.05 Å². The minimum Gasteiger partial charge on any atom is -0.476 e. The van der Waals surface area contributed by atoms with Crippen LogP contribution in [0.25, 0.3) is 0 Å². The highest BCUT2D eigenvalue weighted by Gasteiger charge is 2.39. The molecule has 2 rings (SSSR count). The first-order valence-corrected chi connectivity index (χ1v) is 6.24. The van der Waals surface area contributed by atoms with Gasteiger partial charge in [0.25, 0.3) is 5.91 Å². The van der Waals surface area contributed by atoms with E-state index in [0.29, 0.717) is 0 Å². The fraction of sp³-hybridized carbons (Fsp3) is 0.533. The first-order chi connectivity index (χ1) is 8.13. The predicted molar refractivity (Wildman–Crippen MR) is 73.3 cm³/mol. The summed E-state index contributed by atoms with van der Waals surface area (Å²) in [5.41, 5.74) is 1.33. The van der Waals surface area contributed by atoms with E-state index in [1.165, 1.54) is 5.56 Å². The maximum atomic E-state index is 12.2. The quantitative estimate of drug-likeness (QED) is 0.705. The summed E-state index contributed by atoms with van der Waals surface area (Å²) in [5.74, 6) is 0.760.